The number of hydrogen-bond acceptors (Lipinski definition) is 4. The Hall–Kier alpha value is -2.38. The molecular weight excluding hydrogens is 284 g/mol. The maximum atomic E-state index is 12.0. The van der Waals surface area contributed by atoms with E-state index in [1.54, 1.807) is 0 Å². The summed E-state index contributed by atoms with van der Waals surface area (Å²) in [4.78, 5) is 14.0. The zero-order valence-electron chi connectivity index (χ0n) is 11.1. The van der Waals surface area contributed by atoms with Crippen molar-refractivity contribution in [1.82, 2.24) is 5.32 Å². The third-order valence-corrected chi connectivity index (χ3v) is 2.57. The highest BCUT2D eigenvalue weighted by Crippen LogP contribution is 2.19. The smallest absolute Gasteiger partial charge is 0.387 e. The minimum absolute atomic E-state index is 0.000303. The molecule has 1 aromatic rings. The molecule has 0 saturated carbocycles. The molecule has 1 rings (SSSR count). The van der Waals surface area contributed by atoms with Crippen LogP contribution in [0.5, 0.6) is 5.75 Å². The number of amides is 1. The summed E-state index contributed by atoms with van der Waals surface area (Å²) in [5.41, 5.74) is 14.0. The zero-order chi connectivity index (χ0) is 15.7. The molecule has 0 aromatic heterocycles. The van der Waals surface area contributed by atoms with Crippen molar-refractivity contribution in [2.45, 2.75) is 19.1 Å². The summed E-state index contributed by atoms with van der Waals surface area (Å²) in [6.45, 7) is -2.18. The predicted molar refractivity (Wildman–Crippen MR) is 71.6 cm³/mol. The van der Waals surface area contributed by atoms with Crippen molar-refractivity contribution < 1.29 is 18.3 Å². The molecule has 0 bridgehead atoms. The third kappa shape index (κ3) is 6.07. The molecule has 1 atom stereocenters. The number of primary amides is 1. The second kappa shape index (κ2) is 8.72. The molecule has 0 aliphatic carbocycles. The van der Waals surface area contributed by atoms with Crippen LogP contribution in [0, 0.1) is 0 Å². The maximum Gasteiger partial charge on any atom is 0.387 e. The summed E-state index contributed by atoms with van der Waals surface area (Å²) >= 11 is 0. The van der Waals surface area contributed by atoms with Gasteiger partial charge in [0.05, 0.1) is 0 Å². The third-order valence-electron chi connectivity index (χ3n) is 2.57. The van der Waals surface area contributed by atoms with Crippen LogP contribution < -0.4 is 15.8 Å². The number of hydrogen-bond donors (Lipinski definition) is 2. The number of nitrogens with two attached hydrogens (primary N) is 1. The first-order valence-corrected chi connectivity index (χ1v) is 6.13. The average Bonchev–Trinajstić information content (AvgIpc) is 2.43. The lowest BCUT2D eigenvalue weighted by Crippen LogP contribution is -2.34. The molecule has 1 unspecified atom stereocenters. The summed E-state index contributed by atoms with van der Waals surface area (Å²) in [5, 5.41) is 6.27. The van der Waals surface area contributed by atoms with E-state index in [1.807, 2.05) is 0 Å². The number of alkyl halides is 2. The Morgan fingerprint density at radius 2 is 2.10 bits per heavy atom. The molecule has 0 saturated heterocycles. The van der Waals surface area contributed by atoms with Gasteiger partial charge in [-0.2, -0.15) is 8.78 Å². The first-order chi connectivity index (χ1) is 10.0. The van der Waals surface area contributed by atoms with Crippen molar-refractivity contribution in [3.63, 3.8) is 0 Å². The van der Waals surface area contributed by atoms with Gasteiger partial charge in [0.25, 0.3) is 0 Å². The molecule has 7 nitrogen and oxygen atoms in total. The number of nitrogens with zero attached hydrogens (tertiary/aromatic N) is 3. The van der Waals surface area contributed by atoms with E-state index in [0.717, 1.165) is 0 Å². The Balaban J connectivity index is 2.63. The Morgan fingerprint density at radius 3 is 2.62 bits per heavy atom. The molecular formula is C12H15F2N5O2. The van der Waals surface area contributed by atoms with E-state index >= 15 is 0 Å². The number of carbonyl (C=O) groups is 1. The van der Waals surface area contributed by atoms with Crippen LogP contribution in [0.4, 0.5) is 8.78 Å². The van der Waals surface area contributed by atoms with Gasteiger partial charge in [0.15, 0.2) is 0 Å². The fourth-order valence-corrected chi connectivity index (χ4v) is 1.67. The highest BCUT2D eigenvalue weighted by molar-refractivity contribution is 5.81. The van der Waals surface area contributed by atoms with Crippen LogP contribution in [0.25, 0.3) is 10.4 Å². The normalized spacial score (nSPS) is 11.8. The molecule has 9 heteroatoms. The lowest BCUT2D eigenvalue weighted by Gasteiger charge is -2.16. The van der Waals surface area contributed by atoms with Crippen LogP contribution in [0.2, 0.25) is 0 Å². The number of nitrogens with one attached hydrogen (secondary N) is 1. The number of halogens is 2. The topological polar surface area (TPSA) is 113 Å². The van der Waals surface area contributed by atoms with E-state index in [9.17, 15) is 13.6 Å². The van der Waals surface area contributed by atoms with Gasteiger partial charge in [-0.25, -0.2) is 0 Å². The van der Waals surface area contributed by atoms with Crippen molar-refractivity contribution >= 4 is 5.91 Å². The van der Waals surface area contributed by atoms with Crippen LogP contribution in [0.15, 0.2) is 29.4 Å². The Morgan fingerprint density at radius 1 is 1.43 bits per heavy atom. The Bertz CT molecular complexity index is 503. The second-order valence-corrected chi connectivity index (χ2v) is 4.05. The van der Waals surface area contributed by atoms with Gasteiger partial charge in [-0.05, 0) is 36.2 Å². The predicted octanol–water partition coefficient (Wildman–Crippen LogP) is 2.10. The van der Waals surface area contributed by atoms with Crippen molar-refractivity contribution in [2.24, 2.45) is 10.8 Å². The van der Waals surface area contributed by atoms with Crippen LogP contribution in [0.1, 0.15) is 18.0 Å². The summed E-state index contributed by atoms with van der Waals surface area (Å²) in [5.74, 6) is -0.596. The maximum absolute atomic E-state index is 12.0. The average molecular weight is 299 g/mol. The molecule has 0 heterocycles. The van der Waals surface area contributed by atoms with Gasteiger partial charge < -0.3 is 15.8 Å². The largest absolute Gasteiger partial charge is 0.435 e. The zero-order valence-corrected chi connectivity index (χ0v) is 11.1. The van der Waals surface area contributed by atoms with Gasteiger partial charge in [-0.1, -0.05) is 17.2 Å². The van der Waals surface area contributed by atoms with Crippen LogP contribution in [0.3, 0.4) is 0 Å². The van der Waals surface area contributed by atoms with Crippen LogP contribution in [-0.4, -0.2) is 25.6 Å². The van der Waals surface area contributed by atoms with Crippen molar-refractivity contribution in [3.05, 3.63) is 40.3 Å². The molecule has 0 aliphatic heterocycles. The Kier molecular flexibility index (Phi) is 6.93. The first kappa shape index (κ1) is 16.7. The quantitative estimate of drug-likeness (QED) is 0.315. The van der Waals surface area contributed by atoms with E-state index in [0.29, 0.717) is 25.1 Å². The molecule has 114 valence electrons. The number of benzene rings is 1. The molecule has 0 radical (unpaired) electrons. The minimum Gasteiger partial charge on any atom is -0.435 e. The van der Waals surface area contributed by atoms with Crippen LogP contribution in [-0.2, 0) is 4.79 Å². The minimum atomic E-state index is -2.90. The standard InChI is InChI=1S/C12H15F2N5O2/c13-12(14)21-9-4-2-8(3-5-9)10(11(15)20)17-6-1-7-18-19-16/h2-5,10,12,17H,1,6-7H2,(H2,15,20). The number of carbonyl (C=O) groups excluding carboxylic acids is 1. The lowest BCUT2D eigenvalue weighted by molar-refractivity contribution is -0.120. The summed E-state index contributed by atoms with van der Waals surface area (Å²) in [7, 11) is 0. The lowest BCUT2D eigenvalue weighted by atomic mass is 10.1. The molecule has 21 heavy (non-hydrogen) atoms. The van der Waals surface area contributed by atoms with E-state index in [4.69, 9.17) is 11.3 Å². The van der Waals surface area contributed by atoms with E-state index in [2.05, 4.69) is 20.1 Å². The SMILES string of the molecule is [N-]=[N+]=NCCCNC(C(N)=O)c1ccc(OC(F)F)cc1. The van der Waals surface area contributed by atoms with Crippen LogP contribution >= 0.6 is 0 Å². The summed E-state index contributed by atoms with van der Waals surface area (Å²) < 4.78 is 28.3. The highest BCUT2D eigenvalue weighted by atomic mass is 19.3. The summed E-state index contributed by atoms with van der Waals surface area (Å²) in [6.07, 6.45) is 0.542. The van der Waals surface area contributed by atoms with Gasteiger partial charge in [-0.15, -0.1) is 0 Å². The number of azide groups is 1. The summed E-state index contributed by atoms with van der Waals surface area (Å²) in [6, 6.07) is 4.87. The van der Waals surface area contributed by atoms with Crippen molar-refractivity contribution in [2.75, 3.05) is 13.1 Å². The fourth-order valence-electron chi connectivity index (χ4n) is 1.67. The number of ether oxygens (including phenoxy) is 1. The first-order valence-electron chi connectivity index (χ1n) is 6.13. The number of rotatable bonds is 9. The van der Waals surface area contributed by atoms with Gasteiger partial charge in [0.2, 0.25) is 5.91 Å². The van der Waals surface area contributed by atoms with Crippen molar-refractivity contribution in [3.8, 4) is 5.75 Å². The van der Waals surface area contributed by atoms with E-state index in [1.165, 1.54) is 24.3 Å². The highest BCUT2D eigenvalue weighted by Gasteiger charge is 2.17. The fraction of sp³-hybridized carbons (Fsp3) is 0.417. The van der Waals surface area contributed by atoms with Crippen molar-refractivity contribution in [1.29, 1.82) is 0 Å². The Labute approximate surface area is 119 Å². The van der Waals surface area contributed by atoms with E-state index < -0.39 is 18.6 Å². The van der Waals surface area contributed by atoms with E-state index in [-0.39, 0.29) is 5.75 Å². The van der Waals surface area contributed by atoms with Gasteiger partial charge >= 0.3 is 6.61 Å². The molecule has 1 aromatic carbocycles. The molecule has 0 aliphatic rings. The molecule has 0 fully saturated rings. The second-order valence-electron chi connectivity index (χ2n) is 4.05. The molecule has 0 spiro atoms. The monoisotopic (exact) mass is 299 g/mol. The molecule has 1 amide bonds. The van der Waals surface area contributed by atoms with Gasteiger partial charge in [0.1, 0.15) is 11.8 Å². The van der Waals surface area contributed by atoms with Gasteiger partial charge in [-0.3, -0.25) is 4.79 Å². The molecule has 3 N–H and O–H groups in total. The van der Waals surface area contributed by atoms with Gasteiger partial charge in [0, 0.05) is 11.5 Å².